The zero-order valence-electron chi connectivity index (χ0n) is 10.5. The number of nitrogens with zero attached hydrogens (tertiary/aromatic N) is 3. The van der Waals surface area contributed by atoms with Crippen LogP contribution in [0.2, 0.25) is 0 Å². The molecule has 6 heteroatoms. The first-order valence-corrected chi connectivity index (χ1v) is 6.42. The number of carbonyl (C=O) groups excluding carboxylic acids is 1. The topological polar surface area (TPSA) is 57.0 Å². The summed E-state index contributed by atoms with van der Waals surface area (Å²) >= 11 is 3.23. The van der Waals surface area contributed by atoms with Crippen LogP contribution in [0.4, 0.5) is 10.1 Å². The number of pyridine rings is 1. The van der Waals surface area contributed by atoms with Crippen molar-refractivity contribution in [2.45, 2.75) is 0 Å². The van der Waals surface area contributed by atoms with Gasteiger partial charge >= 0.3 is 0 Å². The molecule has 0 fully saturated rings. The van der Waals surface area contributed by atoms with Crippen LogP contribution >= 0.6 is 15.9 Å². The molecule has 1 aromatic carbocycles. The lowest BCUT2D eigenvalue weighted by atomic mass is 10.2. The van der Waals surface area contributed by atoms with Crippen LogP contribution in [0.1, 0.15) is 16.2 Å². The van der Waals surface area contributed by atoms with Crippen LogP contribution in [0.25, 0.3) is 0 Å². The summed E-state index contributed by atoms with van der Waals surface area (Å²) in [6, 6.07) is 10.7. The van der Waals surface area contributed by atoms with E-state index in [4.69, 9.17) is 5.26 Å². The average Bonchev–Trinajstić information content (AvgIpc) is 2.48. The fraction of sp³-hybridized carbons (Fsp3) is 0.0714. The Bertz CT molecular complexity index is 712. The molecule has 0 unspecified atom stereocenters. The van der Waals surface area contributed by atoms with E-state index in [-0.39, 0.29) is 17.1 Å². The Morgan fingerprint density at radius 2 is 2.15 bits per heavy atom. The Morgan fingerprint density at radius 1 is 1.40 bits per heavy atom. The molecule has 1 amide bonds. The predicted molar refractivity (Wildman–Crippen MR) is 75.8 cm³/mol. The smallest absolute Gasteiger partial charge is 0.276 e. The van der Waals surface area contributed by atoms with Crippen molar-refractivity contribution in [1.82, 2.24) is 4.98 Å². The molecular formula is C14H9BrFN3O. The van der Waals surface area contributed by atoms with Gasteiger partial charge in [0.05, 0.1) is 5.69 Å². The van der Waals surface area contributed by atoms with Gasteiger partial charge in [-0.3, -0.25) is 4.79 Å². The number of anilines is 1. The van der Waals surface area contributed by atoms with Crippen LogP contribution in [0.5, 0.6) is 0 Å². The lowest BCUT2D eigenvalue weighted by molar-refractivity contribution is 0.0987. The summed E-state index contributed by atoms with van der Waals surface area (Å²) in [4.78, 5) is 17.3. The van der Waals surface area contributed by atoms with Crippen LogP contribution in [0.15, 0.2) is 40.9 Å². The molecule has 0 saturated carbocycles. The molecule has 0 bridgehead atoms. The minimum absolute atomic E-state index is 0.0888. The number of hydrogen-bond donors (Lipinski definition) is 0. The molecule has 1 aromatic heterocycles. The van der Waals surface area contributed by atoms with E-state index in [1.807, 2.05) is 6.07 Å². The minimum atomic E-state index is -0.513. The van der Waals surface area contributed by atoms with Gasteiger partial charge in [-0.1, -0.05) is 22.0 Å². The number of halogens is 2. The van der Waals surface area contributed by atoms with Gasteiger partial charge in [-0.2, -0.15) is 5.26 Å². The van der Waals surface area contributed by atoms with Crippen molar-refractivity contribution in [2.24, 2.45) is 0 Å². The molecule has 0 atom stereocenters. The Labute approximate surface area is 123 Å². The largest absolute Gasteiger partial charge is 0.307 e. The zero-order valence-corrected chi connectivity index (χ0v) is 12.1. The van der Waals surface area contributed by atoms with Gasteiger partial charge in [-0.05, 0) is 30.3 Å². The normalized spacial score (nSPS) is 9.90. The number of carbonyl (C=O) groups is 1. The highest BCUT2D eigenvalue weighted by Gasteiger charge is 2.18. The highest BCUT2D eigenvalue weighted by molar-refractivity contribution is 9.10. The number of aromatic nitrogens is 1. The van der Waals surface area contributed by atoms with Crippen LogP contribution in [0.3, 0.4) is 0 Å². The number of rotatable bonds is 2. The summed E-state index contributed by atoms with van der Waals surface area (Å²) in [5, 5.41) is 8.78. The molecule has 4 nitrogen and oxygen atoms in total. The maximum absolute atomic E-state index is 13.8. The molecular weight excluding hydrogens is 325 g/mol. The van der Waals surface area contributed by atoms with Gasteiger partial charge in [0.25, 0.3) is 5.91 Å². The molecule has 0 aliphatic heterocycles. The molecule has 100 valence electrons. The van der Waals surface area contributed by atoms with Gasteiger partial charge in [-0.25, -0.2) is 9.37 Å². The quantitative estimate of drug-likeness (QED) is 0.848. The van der Waals surface area contributed by atoms with Crippen molar-refractivity contribution < 1.29 is 9.18 Å². The second kappa shape index (κ2) is 5.80. The lowest BCUT2D eigenvalue weighted by Crippen LogP contribution is -2.28. The summed E-state index contributed by atoms with van der Waals surface area (Å²) in [5.41, 5.74) is 0.360. The van der Waals surface area contributed by atoms with Crippen molar-refractivity contribution >= 4 is 27.5 Å². The van der Waals surface area contributed by atoms with Gasteiger partial charge in [0, 0.05) is 11.5 Å². The zero-order chi connectivity index (χ0) is 14.7. The Hall–Kier alpha value is -2.26. The standard InChI is InChI=1S/C14H9BrFN3O/c1-19(13-7-9(15)5-6-11(13)16)14(20)12-4-2-3-10(8-17)18-12/h2-7H,1H3. The number of nitriles is 1. The molecule has 0 spiro atoms. The van der Waals surface area contributed by atoms with Gasteiger partial charge in [0.2, 0.25) is 0 Å². The number of amides is 1. The van der Waals surface area contributed by atoms with E-state index in [1.54, 1.807) is 12.1 Å². The molecule has 2 rings (SSSR count). The second-order valence-corrected chi connectivity index (χ2v) is 4.90. The summed E-state index contributed by atoms with van der Waals surface area (Å²) in [6.07, 6.45) is 0. The van der Waals surface area contributed by atoms with Crippen LogP contribution in [-0.4, -0.2) is 17.9 Å². The van der Waals surface area contributed by atoms with E-state index in [9.17, 15) is 9.18 Å². The second-order valence-electron chi connectivity index (χ2n) is 3.98. The Morgan fingerprint density at radius 3 is 2.85 bits per heavy atom. The highest BCUT2D eigenvalue weighted by Crippen LogP contribution is 2.24. The monoisotopic (exact) mass is 333 g/mol. The van der Waals surface area contributed by atoms with Crippen molar-refractivity contribution in [3.8, 4) is 6.07 Å². The molecule has 2 aromatic rings. The maximum atomic E-state index is 13.8. The maximum Gasteiger partial charge on any atom is 0.276 e. The third kappa shape index (κ3) is 2.83. The molecule has 1 heterocycles. The first-order chi connectivity index (χ1) is 9.52. The van der Waals surface area contributed by atoms with Gasteiger partial charge in [0.15, 0.2) is 0 Å². The van der Waals surface area contributed by atoms with E-state index >= 15 is 0 Å². The fourth-order valence-corrected chi connectivity index (χ4v) is 1.99. The molecule has 20 heavy (non-hydrogen) atoms. The van der Waals surface area contributed by atoms with E-state index in [1.165, 1.54) is 31.3 Å². The molecule has 0 aliphatic carbocycles. The lowest BCUT2D eigenvalue weighted by Gasteiger charge is -2.17. The van der Waals surface area contributed by atoms with Crippen molar-refractivity contribution in [3.63, 3.8) is 0 Å². The summed E-state index contributed by atoms with van der Waals surface area (Å²) in [7, 11) is 1.45. The van der Waals surface area contributed by atoms with Crippen LogP contribution < -0.4 is 4.90 Å². The molecule has 0 aliphatic rings. The van der Waals surface area contributed by atoms with Crippen molar-refractivity contribution in [3.05, 3.63) is 58.1 Å². The van der Waals surface area contributed by atoms with Gasteiger partial charge in [-0.15, -0.1) is 0 Å². The third-order valence-electron chi connectivity index (χ3n) is 2.66. The molecule has 0 radical (unpaired) electrons. The fourth-order valence-electron chi connectivity index (χ4n) is 1.64. The number of hydrogen-bond acceptors (Lipinski definition) is 3. The van der Waals surface area contributed by atoms with E-state index < -0.39 is 11.7 Å². The Kier molecular flexibility index (Phi) is 4.11. The highest BCUT2D eigenvalue weighted by atomic mass is 79.9. The van der Waals surface area contributed by atoms with Gasteiger partial charge < -0.3 is 4.90 Å². The van der Waals surface area contributed by atoms with E-state index in [2.05, 4.69) is 20.9 Å². The van der Waals surface area contributed by atoms with Crippen molar-refractivity contribution in [2.75, 3.05) is 11.9 Å². The molecule has 0 saturated heterocycles. The first-order valence-electron chi connectivity index (χ1n) is 5.63. The Balaban J connectivity index is 2.37. The van der Waals surface area contributed by atoms with Crippen LogP contribution in [-0.2, 0) is 0 Å². The van der Waals surface area contributed by atoms with E-state index in [0.29, 0.717) is 4.47 Å². The first kappa shape index (κ1) is 14.2. The summed E-state index contributed by atoms with van der Waals surface area (Å²) < 4.78 is 14.4. The van der Waals surface area contributed by atoms with Crippen LogP contribution in [0, 0.1) is 17.1 Å². The summed E-state index contributed by atoms with van der Waals surface area (Å²) in [5.74, 6) is -1.00. The summed E-state index contributed by atoms with van der Waals surface area (Å²) in [6.45, 7) is 0. The predicted octanol–water partition coefficient (Wildman–Crippen LogP) is 3.13. The minimum Gasteiger partial charge on any atom is -0.307 e. The SMILES string of the molecule is CN(C(=O)c1cccc(C#N)n1)c1cc(Br)ccc1F. The van der Waals surface area contributed by atoms with Crippen molar-refractivity contribution in [1.29, 1.82) is 5.26 Å². The third-order valence-corrected chi connectivity index (χ3v) is 3.15. The van der Waals surface area contributed by atoms with E-state index in [0.717, 1.165) is 4.90 Å². The number of benzene rings is 1. The van der Waals surface area contributed by atoms with Gasteiger partial charge in [0.1, 0.15) is 23.3 Å². The molecule has 0 N–H and O–H groups in total. The average molecular weight is 334 g/mol.